The summed E-state index contributed by atoms with van der Waals surface area (Å²) < 4.78 is 0. The average Bonchev–Trinajstić information content (AvgIpc) is 3.27. The van der Waals surface area contributed by atoms with Gasteiger partial charge in [-0.05, 0) is 52.4 Å². The molecule has 140 valence electrons. The van der Waals surface area contributed by atoms with Crippen LogP contribution in [0.25, 0.3) is 0 Å². The summed E-state index contributed by atoms with van der Waals surface area (Å²) in [6.07, 6.45) is 11.3. The SMILES string of the molecule is C=C(O)C1(CCCCCC(O)CCCCCC(C)(C)C(=O)O)CC1. The number of unbranched alkanes of at least 4 members (excludes halogenated alkanes) is 4. The summed E-state index contributed by atoms with van der Waals surface area (Å²) in [5.74, 6) is -0.381. The first kappa shape index (κ1) is 21.0. The third-order valence-electron chi connectivity index (χ3n) is 5.58. The lowest BCUT2D eigenvalue weighted by Crippen LogP contribution is -2.23. The van der Waals surface area contributed by atoms with Crippen LogP contribution in [0.5, 0.6) is 0 Å². The van der Waals surface area contributed by atoms with Crippen molar-refractivity contribution >= 4 is 5.97 Å². The Bertz CT molecular complexity index is 384. The highest BCUT2D eigenvalue weighted by Crippen LogP contribution is 2.54. The zero-order valence-corrected chi connectivity index (χ0v) is 15.5. The van der Waals surface area contributed by atoms with Crippen LogP contribution in [0.1, 0.15) is 90.9 Å². The molecule has 0 saturated heterocycles. The lowest BCUT2D eigenvalue weighted by Gasteiger charge is -2.18. The normalized spacial score (nSPS) is 17.5. The molecular formula is C20H36O4. The predicted molar refractivity (Wildman–Crippen MR) is 97.0 cm³/mol. The minimum atomic E-state index is -0.736. The lowest BCUT2D eigenvalue weighted by atomic mass is 9.87. The summed E-state index contributed by atoms with van der Waals surface area (Å²) in [5, 5.41) is 28.6. The van der Waals surface area contributed by atoms with Crippen molar-refractivity contribution in [3.63, 3.8) is 0 Å². The molecule has 0 radical (unpaired) electrons. The summed E-state index contributed by atoms with van der Waals surface area (Å²) >= 11 is 0. The Kier molecular flexibility index (Phi) is 8.28. The van der Waals surface area contributed by atoms with Crippen molar-refractivity contribution in [3.8, 4) is 0 Å². The minimum Gasteiger partial charge on any atom is -0.512 e. The molecule has 1 fully saturated rings. The van der Waals surface area contributed by atoms with Gasteiger partial charge >= 0.3 is 5.97 Å². The second-order valence-electron chi connectivity index (χ2n) is 8.27. The number of hydrogen-bond acceptors (Lipinski definition) is 3. The fourth-order valence-electron chi connectivity index (χ4n) is 3.23. The first-order chi connectivity index (χ1) is 11.2. The third kappa shape index (κ3) is 7.25. The van der Waals surface area contributed by atoms with Gasteiger partial charge in [-0.3, -0.25) is 4.79 Å². The Balaban J connectivity index is 1.96. The van der Waals surface area contributed by atoms with Gasteiger partial charge in [0, 0.05) is 5.41 Å². The maximum absolute atomic E-state index is 11.0. The van der Waals surface area contributed by atoms with E-state index in [1.807, 2.05) is 0 Å². The zero-order valence-electron chi connectivity index (χ0n) is 15.5. The van der Waals surface area contributed by atoms with Crippen LogP contribution >= 0.6 is 0 Å². The van der Waals surface area contributed by atoms with Crippen molar-refractivity contribution in [1.29, 1.82) is 0 Å². The molecule has 3 N–H and O–H groups in total. The largest absolute Gasteiger partial charge is 0.512 e. The quantitative estimate of drug-likeness (QED) is 0.299. The molecule has 0 spiro atoms. The van der Waals surface area contributed by atoms with Crippen molar-refractivity contribution in [2.75, 3.05) is 0 Å². The van der Waals surface area contributed by atoms with Crippen LogP contribution in [0.15, 0.2) is 12.3 Å². The highest BCUT2D eigenvalue weighted by Gasteiger charge is 2.44. The van der Waals surface area contributed by atoms with Gasteiger partial charge in [-0.25, -0.2) is 0 Å². The van der Waals surface area contributed by atoms with E-state index >= 15 is 0 Å². The fourth-order valence-corrected chi connectivity index (χ4v) is 3.23. The van der Waals surface area contributed by atoms with E-state index in [2.05, 4.69) is 6.58 Å². The van der Waals surface area contributed by atoms with Crippen molar-refractivity contribution in [3.05, 3.63) is 12.3 Å². The molecule has 4 heteroatoms. The van der Waals surface area contributed by atoms with Crippen LogP contribution in [0.4, 0.5) is 0 Å². The highest BCUT2D eigenvalue weighted by molar-refractivity contribution is 5.73. The molecule has 1 unspecified atom stereocenters. The molecule has 1 rings (SSSR count). The summed E-state index contributed by atoms with van der Waals surface area (Å²) in [4.78, 5) is 11.0. The van der Waals surface area contributed by atoms with Crippen LogP contribution in [-0.2, 0) is 4.79 Å². The first-order valence-corrected chi connectivity index (χ1v) is 9.49. The van der Waals surface area contributed by atoms with E-state index in [0.29, 0.717) is 12.2 Å². The molecule has 0 heterocycles. The number of carbonyl (C=O) groups is 1. The van der Waals surface area contributed by atoms with Gasteiger partial charge in [0.25, 0.3) is 0 Å². The maximum atomic E-state index is 11.0. The Morgan fingerprint density at radius 1 is 1.04 bits per heavy atom. The van der Waals surface area contributed by atoms with E-state index in [1.54, 1.807) is 13.8 Å². The van der Waals surface area contributed by atoms with E-state index in [4.69, 9.17) is 5.11 Å². The van der Waals surface area contributed by atoms with Gasteiger partial charge < -0.3 is 15.3 Å². The van der Waals surface area contributed by atoms with Gasteiger partial charge in [0.2, 0.25) is 0 Å². The minimum absolute atomic E-state index is 0.0301. The fraction of sp³-hybridized carbons (Fsp3) is 0.850. The van der Waals surface area contributed by atoms with E-state index in [0.717, 1.165) is 70.6 Å². The van der Waals surface area contributed by atoms with E-state index in [9.17, 15) is 15.0 Å². The van der Waals surface area contributed by atoms with E-state index in [-0.39, 0.29) is 11.5 Å². The molecule has 24 heavy (non-hydrogen) atoms. The second-order valence-corrected chi connectivity index (χ2v) is 8.27. The van der Waals surface area contributed by atoms with Gasteiger partial charge in [-0.15, -0.1) is 0 Å². The number of aliphatic carboxylic acids is 1. The van der Waals surface area contributed by atoms with Crippen molar-refractivity contribution in [2.45, 2.75) is 97.0 Å². The Morgan fingerprint density at radius 3 is 2.04 bits per heavy atom. The molecule has 0 amide bonds. The Labute approximate surface area is 147 Å². The van der Waals surface area contributed by atoms with E-state index in [1.165, 1.54) is 0 Å². The van der Waals surface area contributed by atoms with Gasteiger partial charge in [0.15, 0.2) is 0 Å². The molecule has 4 nitrogen and oxygen atoms in total. The van der Waals surface area contributed by atoms with Gasteiger partial charge in [-0.2, -0.15) is 0 Å². The number of carboxylic acid groups (broad SMARTS) is 1. The zero-order chi connectivity index (χ0) is 18.2. The summed E-state index contributed by atoms with van der Waals surface area (Å²) in [7, 11) is 0. The standard InChI is InChI=1S/C20H36O4/c1-16(21)20(14-15-20)13-9-5-7-11-17(22)10-6-4-8-12-19(2,3)18(23)24/h17,21-22H,1,4-15H2,2-3H3,(H,23,24). The van der Waals surface area contributed by atoms with Gasteiger partial charge in [0.1, 0.15) is 0 Å². The Morgan fingerprint density at radius 2 is 1.58 bits per heavy atom. The molecule has 0 aromatic carbocycles. The van der Waals surface area contributed by atoms with Gasteiger partial charge in [-0.1, -0.05) is 45.1 Å². The Hall–Kier alpha value is -1.03. The average molecular weight is 341 g/mol. The molecule has 0 aliphatic heterocycles. The van der Waals surface area contributed by atoms with Crippen LogP contribution < -0.4 is 0 Å². The highest BCUT2D eigenvalue weighted by atomic mass is 16.4. The molecule has 1 aliphatic carbocycles. The molecule has 1 aliphatic rings. The maximum Gasteiger partial charge on any atom is 0.309 e. The second kappa shape index (κ2) is 9.45. The van der Waals surface area contributed by atoms with Crippen molar-refractivity contribution in [1.82, 2.24) is 0 Å². The summed E-state index contributed by atoms with van der Waals surface area (Å²) in [5.41, 5.74) is -0.611. The smallest absolute Gasteiger partial charge is 0.309 e. The van der Waals surface area contributed by atoms with E-state index < -0.39 is 11.4 Å². The first-order valence-electron chi connectivity index (χ1n) is 9.49. The van der Waals surface area contributed by atoms with Crippen LogP contribution in [0.3, 0.4) is 0 Å². The van der Waals surface area contributed by atoms with Gasteiger partial charge in [0.05, 0.1) is 17.3 Å². The number of allylic oxidation sites excluding steroid dienone is 1. The molecule has 1 atom stereocenters. The number of aliphatic hydroxyl groups is 2. The molecular weight excluding hydrogens is 304 g/mol. The molecule has 0 aromatic rings. The van der Waals surface area contributed by atoms with Crippen molar-refractivity contribution in [2.24, 2.45) is 10.8 Å². The topological polar surface area (TPSA) is 77.8 Å². The number of carboxylic acids is 1. The van der Waals surface area contributed by atoms with Crippen LogP contribution in [-0.4, -0.2) is 27.4 Å². The molecule has 0 bridgehead atoms. The summed E-state index contributed by atoms with van der Waals surface area (Å²) in [6, 6.07) is 0. The number of aliphatic hydroxyl groups excluding tert-OH is 2. The van der Waals surface area contributed by atoms with Crippen molar-refractivity contribution < 1.29 is 20.1 Å². The molecule has 0 aromatic heterocycles. The third-order valence-corrected chi connectivity index (χ3v) is 5.58. The molecule has 1 saturated carbocycles. The van der Waals surface area contributed by atoms with Crippen LogP contribution in [0, 0.1) is 10.8 Å². The lowest BCUT2D eigenvalue weighted by molar-refractivity contribution is -0.147. The summed E-state index contributed by atoms with van der Waals surface area (Å²) in [6.45, 7) is 7.20. The predicted octanol–water partition coefficient (Wildman–Crippen LogP) is 5.21. The monoisotopic (exact) mass is 340 g/mol. The number of rotatable bonds is 14. The number of hydrogen-bond donors (Lipinski definition) is 3. The van der Waals surface area contributed by atoms with Crippen LogP contribution in [0.2, 0.25) is 0 Å².